The summed E-state index contributed by atoms with van der Waals surface area (Å²) in [6.45, 7) is 2.02. The van der Waals surface area contributed by atoms with Crippen LogP contribution in [-0.4, -0.2) is 73.1 Å². The van der Waals surface area contributed by atoms with E-state index in [1.54, 1.807) is 37.4 Å². The monoisotopic (exact) mass is 494 g/mol. The number of carbonyl (C=O) groups is 3. The topological polar surface area (TPSA) is 110 Å². The second-order valence-electron chi connectivity index (χ2n) is 9.95. The third kappa shape index (κ3) is 3.95. The van der Waals surface area contributed by atoms with Crippen molar-refractivity contribution >= 4 is 17.8 Å². The third-order valence-corrected chi connectivity index (χ3v) is 7.71. The van der Waals surface area contributed by atoms with Gasteiger partial charge in [-0.15, -0.1) is 0 Å². The SMILES string of the molecule is COc1ccc(CC2(CN3C[C@H]4C[C@@H](C3)c3cccc(=O)n3C4)C(=O)NC(=O)N(C)C2=O)c(OC)c1. The summed E-state index contributed by atoms with van der Waals surface area (Å²) in [4.78, 5) is 54.9. The number of imide groups is 2. The second-order valence-corrected chi connectivity index (χ2v) is 9.95. The van der Waals surface area contributed by atoms with E-state index in [9.17, 15) is 19.2 Å². The molecule has 1 unspecified atom stereocenters. The number of amides is 4. The number of carbonyl (C=O) groups excluding carboxylic acids is 3. The van der Waals surface area contributed by atoms with Crippen molar-refractivity contribution in [3.63, 3.8) is 0 Å². The Hall–Kier alpha value is -3.66. The largest absolute Gasteiger partial charge is 0.497 e. The summed E-state index contributed by atoms with van der Waals surface area (Å²) in [6, 6.07) is 9.86. The van der Waals surface area contributed by atoms with Crippen molar-refractivity contribution in [3.8, 4) is 11.5 Å². The van der Waals surface area contributed by atoms with Crippen LogP contribution < -0.4 is 20.3 Å². The molecule has 3 aliphatic heterocycles. The number of benzene rings is 1. The summed E-state index contributed by atoms with van der Waals surface area (Å²) >= 11 is 0. The number of methoxy groups -OCH3 is 2. The second kappa shape index (κ2) is 9.09. The standard InChI is InChI=1S/C26H30N4O6/c1-28-24(33)26(23(32)27-25(28)34,11-17-7-8-19(35-2)10-21(17)36-3)15-29-12-16-9-18(14-29)20-5-4-6-22(31)30(20)13-16/h4-8,10,16,18H,9,11-15H2,1-3H3,(H,27,32,34)/t16-,18+,26?/m1/s1. The van der Waals surface area contributed by atoms with Gasteiger partial charge in [0.2, 0.25) is 11.8 Å². The van der Waals surface area contributed by atoms with Gasteiger partial charge in [0.15, 0.2) is 0 Å². The average Bonchev–Trinajstić information content (AvgIpc) is 2.87. The van der Waals surface area contributed by atoms with Gasteiger partial charge in [-0.25, -0.2) is 4.79 Å². The molecule has 0 spiro atoms. The Morgan fingerprint density at radius 2 is 1.83 bits per heavy atom. The van der Waals surface area contributed by atoms with Crippen molar-refractivity contribution in [2.45, 2.75) is 25.3 Å². The fourth-order valence-corrected chi connectivity index (χ4v) is 5.99. The van der Waals surface area contributed by atoms with Crippen LogP contribution in [0.4, 0.5) is 4.79 Å². The highest BCUT2D eigenvalue weighted by atomic mass is 16.5. The summed E-state index contributed by atoms with van der Waals surface area (Å²) in [5, 5.41) is 2.38. The molecule has 2 saturated heterocycles. The first-order valence-corrected chi connectivity index (χ1v) is 12.0. The number of hydrogen-bond acceptors (Lipinski definition) is 7. The van der Waals surface area contributed by atoms with Crippen molar-refractivity contribution in [2.75, 3.05) is 40.9 Å². The van der Waals surface area contributed by atoms with E-state index >= 15 is 0 Å². The molecule has 1 aromatic carbocycles. The number of nitrogens with one attached hydrogen (secondary N) is 1. The van der Waals surface area contributed by atoms with E-state index < -0.39 is 23.3 Å². The number of aromatic nitrogens is 1. The Kier molecular flexibility index (Phi) is 6.07. The molecule has 2 aromatic rings. The van der Waals surface area contributed by atoms with E-state index in [2.05, 4.69) is 10.2 Å². The molecule has 10 nitrogen and oxygen atoms in total. The number of hydrogen-bond donors (Lipinski definition) is 1. The van der Waals surface area contributed by atoms with Crippen LogP contribution in [0.3, 0.4) is 0 Å². The lowest BCUT2D eigenvalue weighted by atomic mass is 9.75. The Morgan fingerprint density at radius 3 is 2.58 bits per heavy atom. The highest BCUT2D eigenvalue weighted by molar-refractivity contribution is 6.19. The van der Waals surface area contributed by atoms with Crippen molar-refractivity contribution in [1.29, 1.82) is 0 Å². The van der Waals surface area contributed by atoms with Crippen LogP contribution in [0.5, 0.6) is 11.5 Å². The molecule has 190 valence electrons. The predicted molar refractivity (Wildman–Crippen MR) is 130 cm³/mol. The maximum Gasteiger partial charge on any atom is 0.330 e. The van der Waals surface area contributed by atoms with E-state index in [-0.39, 0.29) is 30.4 Å². The number of piperidine rings is 1. The minimum atomic E-state index is -1.52. The number of pyridine rings is 1. The first kappa shape index (κ1) is 24.1. The van der Waals surface area contributed by atoms with Crippen LogP contribution in [0.25, 0.3) is 0 Å². The fraction of sp³-hybridized carbons (Fsp3) is 0.462. The number of ether oxygens (including phenoxy) is 2. The van der Waals surface area contributed by atoms with Gasteiger partial charge in [0.05, 0.1) is 14.2 Å². The molecule has 0 aliphatic carbocycles. The van der Waals surface area contributed by atoms with Gasteiger partial charge in [-0.1, -0.05) is 12.1 Å². The van der Waals surface area contributed by atoms with Gasteiger partial charge in [0.1, 0.15) is 16.9 Å². The third-order valence-electron chi connectivity index (χ3n) is 7.71. The van der Waals surface area contributed by atoms with E-state index in [0.29, 0.717) is 36.7 Å². The fourth-order valence-electron chi connectivity index (χ4n) is 5.99. The number of fused-ring (bicyclic) bond motifs is 4. The number of urea groups is 1. The maximum atomic E-state index is 13.7. The summed E-state index contributed by atoms with van der Waals surface area (Å²) in [5.41, 5.74) is 0.132. The zero-order chi connectivity index (χ0) is 25.6. The molecular weight excluding hydrogens is 464 g/mol. The summed E-state index contributed by atoms with van der Waals surface area (Å²) in [7, 11) is 4.46. The van der Waals surface area contributed by atoms with Gasteiger partial charge in [0, 0.05) is 63.4 Å². The molecule has 0 radical (unpaired) electrons. The molecule has 1 aromatic heterocycles. The molecule has 10 heteroatoms. The lowest BCUT2D eigenvalue weighted by Crippen LogP contribution is -2.67. The van der Waals surface area contributed by atoms with Crippen LogP contribution in [0.1, 0.15) is 23.6 Å². The molecule has 5 rings (SSSR count). The highest BCUT2D eigenvalue weighted by Crippen LogP contribution is 2.39. The van der Waals surface area contributed by atoms with E-state index in [1.807, 2.05) is 10.6 Å². The van der Waals surface area contributed by atoms with Gasteiger partial charge in [-0.2, -0.15) is 0 Å². The summed E-state index contributed by atoms with van der Waals surface area (Å²) in [6.07, 6.45) is 1.02. The molecule has 4 amide bonds. The molecule has 1 N–H and O–H groups in total. The number of rotatable bonds is 6. The number of likely N-dealkylation sites (tertiary alicyclic amines) is 1. The average molecular weight is 495 g/mol. The first-order chi connectivity index (χ1) is 17.3. The molecule has 3 atom stereocenters. The quantitative estimate of drug-likeness (QED) is 0.602. The van der Waals surface area contributed by atoms with Gasteiger partial charge >= 0.3 is 6.03 Å². The van der Waals surface area contributed by atoms with Crippen LogP contribution in [-0.2, 0) is 22.6 Å². The molecule has 0 saturated carbocycles. The first-order valence-electron chi connectivity index (χ1n) is 12.0. The Morgan fingerprint density at radius 1 is 1.03 bits per heavy atom. The Bertz CT molecular complexity index is 1290. The molecule has 3 aliphatic rings. The lowest BCUT2D eigenvalue weighted by molar-refractivity contribution is -0.152. The van der Waals surface area contributed by atoms with Crippen LogP contribution >= 0.6 is 0 Å². The molecule has 2 fully saturated rings. The smallest absolute Gasteiger partial charge is 0.330 e. The van der Waals surface area contributed by atoms with Gasteiger partial charge < -0.3 is 18.9 Å². The highest BCUT2D eigenvalue weighted by Gasteiger charge is 2.54. The van der Waals surface area contributed by atoms with Gasteiger partial charge in [0.25, 0.3) is 5.56 Å². The van der Waals surface area contributed by atoms with Crippen LogP contribution in [0, 0.1) is 11.3 Å². The van der Waals surface area contributed by atoms with Crippen molar-refractivity contribution in [1.82, 2.24) is 19.7 Å². The minimum Gasteiger partial charge on any atom is -0.497 e. The molecular formula is C26H30N4O6. The van der Waals surface area contributed by atoms with Crippen molar-refractivity contribution < 1.29 is 23.9 Å². The minimum absolute atomic E-state index is 0.000643. The van der Waals surface area contributed by atoms with E-state index in [4.69, 9.17) is 9.47 Å². The van der Waals surface area contributed by atoms with Crippen LogP contribution in [0.2, 0.25) is 0 Å². The van der Waals surface area contributed by atoms with E-state index in [0.717, 1.165) is 17.0 Å². The van der Waals surface area contributed by atoms with Crippen LogP contribution in [0.15, 0.2) is 41.2 Å². The predicted octanol–water partition coefficient (Wildman–Crippen LogP) is 1.22. The molecule has 36 heavy (non-hydrogen) atoms. The zero-order valence-electron chi connectivity index (χ0n) is 20.7. The normalized spacial score (nSPS) is 25.9. The number of barbiturate groups is 1. The van der Waals surface area contributed by atoms with E-state index in [1.165, 1.54) is 14.2 Å². The van der Waals surface area contributed by atoms with Crippen molar-refractivity contribution in [2.24, 2.45) is 11.3 Å². The lowest BCUT2D eigenvalue weighted by Gasteiger charge is -2.47. The Balaban J connectivity index is 1.50. The molecule has 4 heterocycles. The molecule has 2 bridgehead atoms. The van der Waals surface area contributed by atoms with Crippen molar-refractivity contribution in [3.05, 3.63) is 58.0 Å². The van der Waals surface area contributed by atoms with Gasteiger partial charge in [-0.05, 0) is 30.0 Å². The maximum absolute atomic E-state index is 13.7. The summed E-state index contributed by atoms with van der Waals surface area (Å²) in [5.74, 6) is 0.291. The zero-order valence-corrected chi connectivity index (χ0v) is 20.7. The summed E-state index contributed by atoms with van der Waals surface area (Å²) < 4.78 is 12.7. The number of nitrogens with zero attached hydrogens (tertiary/aromatic N) is 3. The Labute approximate surface area is 208 Å². The van der Waals surface area contributed by atoms with Gasteiger partial charge in [-0.3, -0.25) is 24.6 Å².